The Balaban J connectivity index is 1.98. The molecule has 0 aliphatic heterocycles. The van der Waals surface area contributed by atoms with E-state index >= 15 is 0 Å². The van der Waals surface area contributed by atoms with Crippen LogP contribution in [0.1, 0.15) is 43.4 Å². The van der Waals surface area contributed by atoms with Gasteiger partial charge in [-0.15, -0.1) is 0 Å². The van der Waals surface area contributed by atoms with Gasteiger partial charge in [-0.2, -0.15) is 0 Å². The summed E-state index contributed by atoms with van der Waals surface area (Å²) in [4.78, 5) is 16.7. The van der Waals surface area contributed by atoms with Crippen molar-refractivity contribution < 1.29 is 4.79 Å². The molecule has 4 nitrogen and oxygen atoms in total. The number of hydrogen-bond donors (Lipinski definition) is 2. The highest BCUT2D eigenvalue weighted by atomic mass is 16.2. The second-order valence-corrected chi connectivity index (χ2v) is 5.49. The fourth-order valence-electron chi connectivity index (χ4n) is 2.81. The van der Waals surface area contributed by atoms with E-state index in [1.165, 1.54) is 6.42 Å². The summed E-state index contributed by atoms with van der Waals surface area (Å²) in [5, 5.41) is 3.02. The van der Waals surface area contributed by atoms with Crippen LogP contribution in [0.25, 0.3) is 0 Å². The Kier molecular flexibility index (Phi) is 4.53. The van der Waals surface area contributed by atoms with Crippen molar-refractivity contribution in [2.24, 2.45) is 11.1 Å². The SMILES string of the molecule is Cc1cccnc1CNC(=O)C1(CN)CCCCC1. The molecular weight excluding hydrogens is 238 g/mol. The Bertz CT molecular complexity index is 439. The van der Waals surface area contributed by atoms with Gasteiger partial charge in [0.15, 0.2) is 0 Å². The number of aryl methyl sites for hydroxylation is 1. The van der Waals surface area contributed by atoms with Gasteiger partial charge in [-0.3, -0.25) is 9.78 Å². The molecule has 1 aromatic heterocycles. The molecule has 0 radical (unpaired) electrons. The zero-order valence-corrected chi connectivity index (χ0v) is 11.6. The second-order valence-electron chi connectivity index (χ2n) is 5.49. The Morgan fingerprint density at radius 2 is 2.16 bits per heavy atom. The molecule has 1 fully saturated rings. The zero-order valence-electron chi connectivity index (χ0n) is 11.6. The predicted molar refractivity (Wildman–Crippen MR) is 75.4 cm³/mol. The maximum atomic E-state index is 12.4. The van der Waals surface area contributed by atoms with Crippen LogP contribution in [0, 0.1) is 12.3 Å². The molecule has 0 saturated heterocycles. The van der Waals surface area contributed by atoms with Gasteiger partial charge >= 0.3 is 0 Å². The molecule has 1 saturated carbocycles. The van der Waals surface area contributed by atoms with E-state index in [2.05, 4.69) is 10.3 Å². The lowest BCUT2D eigenvalue weighted by atomic mass is 9.73. The normalized spacial score (nSPS) is 18.0. The first-order valence-corrected chi connectivity index (χ1v) is 7.07. The van der Waals surface area contributed by atoms with E-state index in [1.807, 2.05) is 19.1 Å². The first-order chi connectivity index (χ1) is 9.18. The molecule has 104 valence electrons. The lowest BCUT2D eigenvalue weighted by molar-refractivity contribution is -0.132. The highest BCUT2D eigenvalue weighted by molar-refractivity contribution is 5.83. The maximum Gasteiger partial charge on any atom is 0.227 e. The van der Waals surface area contributed by atoms with Gasteiger partial charge < -0.3 is 11.1 Å². The number of aromatic nitrogens is 1. The highest BCUT2D eigenvalue weighted by Gasteiger charge is 2.37. The van der Waals surface area contributed by atoms with Gasteiger partial charge in [0.25, 0.3) is 0 Å². The number of nitrogens with zero attached hydrogens (tertiary/aromatic N) is 1. The first kappa shape index (κ1) is 14.0. The van der Waals surface area contributed by atoms with Gasteiger partial charge in [-0.25, -0.2) is 0 Å². The summed E-state index contributed by atoms with van der Waals surface area (Å²) in [5.41, 5.74) is 7.55. The van der Waals surface area contributed by atoms with E-state index in [9.17, 15) is 4.79 Å². The Hall–Kier alpha value is -1.42. The van der Waals surface area contributed by atoms with Crippen molar-refractivity contribution in [1.29, 1.82) is 0 Å². The maximum absolute atomic E-state index is 12.4. The Labute approximate surface area is 114 Å². The summed E-state index contributed by atoms with van der Waals surface area (Å²) in [6, 6.07) is 3.91. The quantitative estimate of drug-likeness (QED) is 0.870. The van der Waals surface area contributed by atoms with E-state index in [-0.39, 0.29) is 11.3 Å². The molecule has 1 aliphatic carbocycles. The van der Waals surface area contributed by atoms with E-state index in [0.717, 1.165) is 36.9 Å². The van der Waals surface area contributed by atoms with Crippen LogP contribution >= 0.6 is 0 Å². The molecule has 4 heteroatoms. The molecule has 0 spiro atoms. The third-order valence-electron chi connectivity index (χ3n) is 4.22. The lowest BCUT2D eigenvalue weighted by Gasteiger charge is -2.34. The summed E-state index contributed by atoms with van der Waals surface area (Å²) in [5.74, 6) is 0.0970. The van der Waals surface area contributed by atoms with Crippen molar-refractivity contribution in [1.82, 2.24) is 10.3 Å². The number of rotatable bonds is 4. The number of nitrogens with two attached hydrogens (primary N) is 1. The average Bonchev–Trinajstić information content (AvgIpc) is 2.46. The number of hydrogen-bond acceptors (Lipinski definition) is 3. The number of carbonyl (C=O) groups excluding carboxylic acids is 1. The summed E-state index contributed by atoms with van der Waals surface area (Å²) < 4.78 is 0. The molecule has 0 bridgehead atoms. The fraction of sp³-hybridized carbons (Fsp3) is 0.600. The van der Waals surface area contributed by atoms with Crippen LogP contribution in [0.15, 0.2) is 18.3 Å². The van der Waals surface area contributed by atoms with Gasteiger partial charge in [0, 0.05) is 12.7 Å². The van der Waals surface area contributed by atoms with Crippen molar-refractivity contribution >= 4 is 5.91 Å². The second kappa shape index (κ2) is 6.15. The number of amides is 1. The molecule has 0 aromatic carbocycles. The van der Waals surface area contributed by atoms with Gasteiger partial charge in [0.05, 0.1) is 17.7 Å². The monoisotopic (exact) mass is 261 g/mol. The summed E-state index contributed by atoms with van der Waals surface area (Å²) in [6.07, 6.45) is 7.01. The first-order valence-electron chi connectivity index (χ1n) is 7.07. The number of carbonyl (C=O) groups is 1. The van der Waals surface area contributed by atoms with Crippen LogP contribution in [-0.2, 0) is 11.3 Å². The van der Waals surface area contributed by atoms with Crippen LogP contribution in [-0.4, -0.2) is 17.4 Å². The van der Waals surface area contributed by atoms with E-state index < -0.39 is 0 Å². The molecule has 1 amide bonds. The third kappa shape index (κ3) is 3.13. The van der Waals surface area contributed by atoms with E-state index in [4.69, 9.17) is 5.73 Å². The molecule has 1 heterocycles. The largest absolute Gasteiger partial charge is 0.350 e. The molecule has 0 atom stereocenters. The van der Waals surface area contributed by atoms with Gasteiger partial charge in [0.2, 0.25) is 5.91 Å². The van der Waals surface area contributed by atoms with Crippen molar-refractivity contribution in [3.63, 3.8) is 0 Å². The summed E-state index contributed by atoms with van der Waals surface area (Å²) in [7, 11) is 0. The molecule has 2 rings (SSSR count). The summed E-state index contributed by atoms with van der Waals surface area (Å²) in [6.45, 7) is 2.95. The average molecular weight is 261 g/mol. The molecule has 1 aliphatic rings. The Morgan fingerprint density at radius 3 is 2.79 bits per heavy atom. The fourth-order valence-corrected chi connectivity index (χ4v) is 2.81. The molecule has 19 heavy (non-hydrogen) atoms. The number of nitrogens with one attached hydrogen (secondary N) is 1. The zero-order chi connectivity index (χ0) is 13.7. The predicted octanol–water partition coefficient (Wildman–Crippen LogP) is 1.92. The highest BCUT2D eigenvalue weighted by Crippen LogP contribution is 2.35. The summed E-state index contributed by atoms with van der Waals surface area (Å²) >= 11 is 0. The van der Waals surface area contributed by atoms with Crippen LogP contribution < -0.4 is 11.1 Å². The van der Waals surface area contributed by atoms with Gasteiger partial charge in [-0.1, -0.05) is 25.3 Å². The standard InChI is InChI=1S/C15H23N3O/c1-12-6-5-9-17-13(12)10-18-14(19)15(11-16)7-3-2-4-8-15/h5-6,9H,2-4,7-8,10-11,16H2,1H3,(H,18,19). The minimum atomic E-state index is -0.346. The van der Waals surface area contributed by atoms with Crippen LogP contribution in [0.2, 0.25) is 0 Å². The molecule has 1 aromatic rings. The van der Waals surface area contributed by atoms with E-state index in [1.54, 1.807) is 6.20 Å². The van der Waals surface area contributed by atoms with Gasteiger partial charge in [0.1, 0.15) is 0 Å². The lowest BCUT2D eigenvalue weighted by Crippen LogP contribution is -2.47. The van der Waals surface area contributed by atoms with Crippen LogP contribution in [0.5, 0.6) is 0 Å². The van der Waals surface area contributed by atoms with Crippen molar-refractivity contribution in [2.45, 2.75) is 45.6 Å². The molecule has 0 unspecified atom stereocenters. The molecular formula is C15H23N3O. The minimum Gasteiger partial charge on any atom is -0.350 e. The molecule has 3 N–H and O–H groups in total. The van der Waals surface area contributed by atoms with Gasteiger partial charge in [-0.05, 0) is 31.4 Å². The number of pyridine rings is 1. The third-order valence-corrected chi connectivity index (χ3v) is 4.22. The van der Waals surface area contributed by atoms with Crippen molar-refractivity contribution in [3.8, 4) is 0 Å². The van der Waals surface area contributed by atoms with Crippen LogP contribution in [0.3, 0.4) is 0 Å². The topological polar surface area (TPSA) is 68.0 Å². The minimum absolute atomic E-state index is 0.0970. The van der Waals surface area contributed by atoms with Crippen molar-refractivity contribution in [2.75, 3.05) is 6.54 Å². The van der Waals surface area contributed by atoms with E-state index in [0.29, 0.717) is 13.1 Å². The Morgan fingerprint density at radius 1 is 1.42 bits per heavy atom. The smallest absolute Gasteiger partial charge is 0.227 e. The van der Waals surface area contributed by atoms with Crippen molar-refractivity contribution in [3.05, 3.63) is 29.6 Å². The van der Waals surface area contributed by atoms with Crippen LogP contribution in [0.4, 0.5) is 0 Å².